The molecule has 10 heteroatoms. The highest BCUT2D eigenvalue weighted by molar-refractivity contribution is 7.18. The molecule has 1 aromatic carbocycles. The standard InChI is InChI=1S/C22H23F3N6S/c1-30-12-17-18(5-2-6-19(17)29-30)28-14-4-3-8-31(9-7-14)20-16-10-15(11-22(23,24)25)32-21(16)27-13-26-20/h2,5-6,10,12-14,28H,3-4,7-9,11H2,1H3/t14-/m0/s1. The van der Waals surface area contributed by atoms with Crippen LogP contribution in [0.3, 0.4) is 0 Å². The molecule has 0 amide bonds. The second kappa shape index (κ2) is 8.23. The van der Waals surface area contributed by atoms with Crippen molar-refractivity contribution >= 4 is 44.0 Å². The van der Waals surface area contributed by atoms with Gasteiger partial charge in [0, 0.05) is 48.3 Å². The number of alkyl halides is 3. The first-order valence-electron chi connectivity index (χ1n) is 10.6. The number of benzene rings is 1. The SMILES string of the molecule is Cn1cc2c(N[C@H]3CCCN(c4ncnc5sc(CC(F)(F)F)cc45)CC3)cccc2n1. The summed E-state index contributed by atoms with van der Waals surface area (Å²) in [6.07, 6.45) is 1.19. The lowest BCUT2D eigenvalue weighted by atomic mass is 10.1. The summed E-state index contributed by atoms with van der Waals surface area (Å²) in [6, 6.07) is 7.99. The number of nitrogens with zero attached hydrogens (tertiary/aromatic N) is 5. The number of anilines is 2. The number of halogens is 3. The second-order valence-electron chi connectivity index (χ2n) is 8.22. The molecule has 1 atom stereocenters. The van der Waals surface area contributed by atoms with Crippen LogP contribution in [0.2, 0.25) is 0 Å². The molecule has 1 N–H and O–H groups in total. The third kappa shape index (κ3) is 4.36. The van der Waals surface area contributed by atoms with E-state index >= 15 is 0 Å². The quantitative estimate of drug-likeness (QED) is 0.456. The fourth-order valence-corrected chi connectivity index (χ4v) is 5.41. The summed E-state index contributed by atoms with van der Waals surface area (Å²) in [5, 5.41) is 9.97. The number of fused-ring (bicyclic) bond motifs is 2. The number of aromatic nitrogens is 4. The molecule has 1 aliphatic heterocycles. The zero-order valence-electron chi connectivity index (χ0n) is 17.6. The minimum absolute atomic E-state index is 0.271. The third-order valence-electron chi connectivity index (χ3n) is 5.79. The largest absolute Gasteiger partial charge is 0.393 e. The van der Waals surface area contributed by atoms with Crippen molar-refractivity contribution in [3.63, 3.8) is 0 Å². The maximum Gasteiger partial charge on any atom is 0.393 e. The molecule has 32 heavy (non-hydrogen) atoms. The van der Waals surface area contributed by atoms with Crippen molar-refractivity contribution in [3.05, 3.63) is 41.7 Å². The van der Waals surface area contributed by atoms with Crippen molar-refractivity contribution in [1.82, 2.24) is 19.7 Å². The molecule has 3 aromatic heterocycles. The van der Waals surface area contributed by atoms with Gasteiger partial charge in [0.15, 0.2) is 0 Å². The number of hydrogen-bond acceptors (Lipinski definition) is 6. The van der Waals surface area contributed by atoms with Crippen LogP contribution in [-0.4, -0.2) is 45.1 Å². The fourth-order valence-electron chi connectivity index (χ4n) is 4.39. The molecule has 1 saturated heterocycles. The zero-order chi connectivity index (χ0) is 22.3. The van der Waals surface area contributed by atoms with Gasteiger partial charge in [0.05, 0.1) is 17.3 Å². The summed E-state index contributed by atoms with van der Waals surface area (Å²) in [7, 11) is 1.92. The van der Waals surface area contributed by atoms with Gasteiger partial charge in [-0.15, -0.1) is 11.3 Å². The second-order valence-corrected chi connectivity index (χ2v) is 9.34. The van der Waals surface area contributed by atoms with Crippen molar-refractivity contribution < 1.29 is 13.2 Å². The van der Waals surface area contributed by atoms with Crippen LogP contribution in [0.4, 0.5) is 24.7 Å². The average Bonchev–Trinajstić information content (AvgIpc) is 3.22. The lowest BCUT2D eigenvalue weighted by molar-refractivity contribution is -0.126. The Morgan fingerprint density at radius 1 is 1.16 bits per heavy atom. The molecule has 0 unspecified atom stereocenters. The minimum Gasteiger partial charge on any atom is -0.382 e. The van der Waals surface area contributed by atoms with Crippen molar-refractivity contribution in [2.24, 2.45) is 7.05 Å². The van der Waals surface area contributed by atoms with Crippen LogP contribution < -0.4 is 10.2 Å². The smallest absolute Gasteiger partial charge is 0.382 e. The fraction of sp³-hybridized carbons (Fsp3) is 0.409. The van der Waals surface area contributed by atoms with Gasteiger partial charge < -0.3 is 10.2 Å². The molecule has 0 bridgehead atoms. The van der Waals surface area contributed by atoms with E-state index in [4.69, 9.17) is 0 Å². The average molecular weight is 461 g/mol. The van der Waals surface area contributed by atoms with Gasteiger partial charge in [0.1, 0.15) is 17.0 Å². The first kappa shape index (κ1) is 21.0. The molecule has 0 radical (unpaired) electrons. The van der Waals surface area contributed by atoms with E-state index in [1.54, 1.807) is 6.07 Å². The van der Waals surface area contributed by atoms with Crippen LogP contribution in [-0.2, 0) is 13.5 Å². The summed E-state index contributed by atoms with van der Waals surface area (Å²) < 4.78 is 40.4. The Kier molecular flexibility index (Phi) is 5.40. The lowest BCUT2D eigenvalue weighted by Crippen LogP contribution is -2.27. The van der Waals surface area contributed by atoms with E-state index in [1.165, 1.54) is 6.33 Å². The van der Waals surface area contributed by atoms with Gasteiger partial charge >= 0.3 is 6.18 Å². The maximum atomic E-state index is 12.8. The van der Waals surface area contributed by atoms with Crippen molar-refractivity contribution in [2.45, 2.75) is 37.9 Å². The number of rotatable bonds is 4. The topological polar surface area (TPSA) is 58.9 Å². The first-order valence-corrected chi connectivity index (χ1v) is 11.4. The number of thiophene rings is 1. The van der Waals surface area contributed by atoms with Crippen molar-refractivity contribution in [3.8, 4) is 0 Å². The van der Waals surface area contributed by atoms with Crippen LogP contribution in [0.5, 0.6) is 0 Å². The van der Waals surface area contributed by atoms with Gasteiger partial charge in [0.2, 0.25) is 0 Å². The highest BCUT2D eigenvalue weighted by Crippen LogP contribution is 2.34. The van der Waals surface area contributed by atoms with Crippen LogP contribution in [0.15, 0.2) is 36.8 Å². The first-order chi connectivity index (χ1) is 15.4. The number of nitrogens with one attached hydrogen (secondary N) is 1. The molecule has 0 saturated carbocycles. The maximum absolute atomic E-state index is 12.8. The normalized spacial score (nSPS) is 17.8. The molecule has 5 rings (SSSR count). The van der Waals surface area contributed by atoms with Gasteiger partial charge in [-0.25, -0.2) is 9.97 Å². The van der Waals surface area contributed by atoms with E-state index in [0.717, 1.165) is 66.1 Å². The monoisotopic (exact) mass is 460 g/mol. The summed E-state index contributed by atoms with van der Waals surface area (Å²) >= 11 is 1.09. The Bertz CT molecular complexity index is 1250. The van der Waals surface area contributed by atoms with Crippen LogP contribution >= 0.6 is 11.3 Å². The molecule has 168 valence electrons. The van der Waals surface area contributed by atoms with E-state index in [0.29, 0.717) is 16.3 Å². The van der Waals surface area contributed by atoms with Crippen LogP contribution in [0.1, 0.15) is 24.1 Å². The van der Waals surface area contributed by atoms with E-state index < -0.39 is 12.6 Å². The van der Waals surface area contributed by atoms with Gasteiger partial charge in [-0.1, -0.05) is 6.07 Å². The molecule has 0 spiro atoms. The highest BCUT2D eigenvalue weighted by atomic mass is 32.1. The van der Waals surface area contributed by atoms with Crippen LogP contribution in [0.25, 0.3) is 21.1 Å². The summed E-state index contributed by atoms with van der Waals surface area (Å²) in [4.78, 5) is 11.7. The summed E-state index contributed by atoms with van der Waals surface area (Å²) in [5.74, 6) is 0.731. The zero-order valence-corrected chi connectivity index (χ0v) is 18.4. The van der Waals surface area contributed by atoms with Crippen molar-refractivity contribution in [2.75, 3.05) is 23.3 Å². The minimum atomic E-state index is -4.23. The molecule has 4 aromatic rings. The van der Waals surface area contributed by atoms with Gasteiger partial charge in [0.25, 0.3) is 0 Å². The Balaban J connectivity index is 1.33. The van der Waals surface area contributed by atoms with E-state index in [9.17, 15) is 13.2 Å². The van der Waals surface area contributed by atoms with Gasteiger partial charge in [-0.2, -0.15) is 18.3 Å². The Labute approximate surface area is 187 Å². The molecule has 6 nitrogen and oxygen atoms in total. The molecule has 1 fully saturated rings. The van der Waals surface area contributed by atoms with Gasteiger partial charge in [-0.05, 0) is 37.5 Å². The molecule has 4 heterocycles. The predicted molar refractivity (Wildman–Crippen MR) is 121 cm³/mol. The molecular weight excluding hydrogens is 437 g/mol. The van der Waals surface area contributed by atoms with E-state index in [-0.39, 0.29) is 4.88 Å². The summed E-state index contributed by atoms with van der Waals surface area (Å²) in [5.41, 5.74) is 2.04. The van der Waals surface area contributed by atoms with Gasteiger partial charge in [-0.3, -0.25) is 4.68 Å². The Morgan fingerprint density at radius 2 is 2.03 bits per heavy atom. The van der Waals surface area contributed by atoms with E-state index in [1.807, 2.05) is 30.1 Å². The Morgan fingerprint density at radius 3 is 2.88 bits per heavy atom. The van der Waals surface area contributed by atoms with Crippen LogP contribution in [0, 0.1) is 0 Å². The molecule has 1 aliphatic rings. The molecular formula is C22H23F3N6S. The Hall–Kier alpha value is -2.88. The number of aryl methyl sites for hydroxylation is 1. The lowest BCUT2D eigenvalue weighted by Gasteiger charge is -2.22. The highest BCUT2D eigenvalue weighted by Gasteiger charge is 2.29. The third-order valence-corrected chi connectivity index (χ3v) is 6.83. The summed E-state index contributed by atoms with van der Waals surface area (Å²) in [6.45, 7) is 1.59. The van der Waals surface area contributed by atoms with E-state index in [2.05, 4.69) is 31.3 Å². The molecule has 0 aliphatic carbocycles. The predicted octanol–water partition coefficient (Wildman–Crippen LogP) is 5.15. The van der Waals surface area contributed by atoms with Crippen molar-refractivity contribution in [1.29, 1.82) is 0 Å². The number of hydrogen-bond donors (Lipinski definition) is 1.